The first-order valence-corrected chi connectivity index (χ1v) is 7.39. The van der Waals surface area contributed by atoms with E-state index >= 15 is 0 Å². The lowest BCUT2D eigenvalue weighted by molar-refractivity contribution is -0.122. The summed E-state index contributed by atoms with van der Waals surface area (Å²) in [7, 11) is -3.78. The van der Waals surface area contributed by atoms with Crippen LogP contribution in [0.5, 0.6) is 0 Å². The largest absolute Gasteiger partial charge is 0.395 e. The minimum absolute atomic E-state index is 0.0266. The second-order valence-electron chi connectivity index (χ2n) is 3.81. The fourth-order valence-electron chi connectivity index (χ4n) is 1.30. The van der Waals surface area contributed by atoms with Gasteiger partial charge in [-0.3, -0.25) is 4.79 Å². The van der Waals surface area contributed by atoms with Crippen molar-refractivity contribution in [2.45, 2.75) is 17.9 Å². The first-order chi connectivity index (χ1) is 8.86. The van der Waals surface area contributed by atoms with Crippen LogP contribution in [0.25, 0.3) is 0 Å². The van der Waals surface area contributed by atoms with Crippen molar-refractivity contribution in [3.8, 4) is 0 Å². The van der Waals surface area contributed by atoms with Crippen LogP contribution in [-0.2, 0) is 14.8 Å². The van der Waals surface area contributed by atoms with E-state index in [9.17, 15) is 13.2 Å². The zero-order valence-corrected chi connectivity index (χ0v) is 11.8. The van der Waals surface area contributed by atoms with E-state index in [0.717, 1.165) is 0 Å². The molecule has 1 amide bonds. The molecule has 1 aromatic rings. The molecule has 0 aliphatic rings. The fraction of sp³-hybridized carbons (Fsp3) is 0.364. The number of halogens is 1. The molecular weight excluding hydrogens is 292 g/mol. The van der Waals surface area contributed by atoms with Gasteiger partial charge in [-0.15, -0.1) is 0 Å². The van der Waals surface area contributed by atoms with Gasteiger partial charge in [-0.25, -0.2) is 8.42 Å². The zero-order valence-electron chi connectivity index (χ0n) is 10.3. The lowest BCUT2D eigenvalue weighted by atomic mass is 10.3. The molecule has 0 aliphatic heterocycles. The highest BCUT2D eigenvalue weighted by atomic mass is 35.5. The topological polar surface area (TPSA) is 95.5 Å². The molecule has 0 fully saturated rings. The second kappa shape index (κ2) is 6.85. The van der Waals surface area contributed by atoms with Gasteiger partial charge in [0.1, 0.15) is 0 Å². The van der Waals surface area contributed by atoms with Crippen LogP contribution in [0.2, 0.25) is 5.02 Å². The highest BCUT2D eigenvalue weighted by molar-refractivity contribution is 7.89. The molecule has 0 radical (unpaired) electrons. The summed E-state index contributed by atoms with van der Waals surface area (Å²) in [5.74, 6) is -0.508. The molecule has 6 nitrogen and oxygen atoms in total. The Labute approximate surface area is 116 Å². The average molecular weight is 307 g/mol. The molecule has 106 valence electrons. The second-order valence-corrected chi connectivity index (χ2v) is 5.96. The number of hydrogen-bond donors (Lipinski definition) is 3. The molecule has 0 heterocycles. The number of sulfonamides is 1. The van der Waals surface area contributed by atoms with Crippen LogP contribution in [0.3, 0.4) is 0 Å². The molecule has 19 heavy (non-hydrogen) atoms. The number of amides is 1. The SMILES string of the molecule is C[C@H](NS(=O)(=O)c1ccc(Cl)cc1)C(=O)NCCO. The summed E-state index contributed by atoms with van der Waals surface area (Å²) in [5.41, 5.74) is 0. The number of nitrogens with one attached hydrogen (secondary N) is 2. The Morgan fingerprint density at radius 1 is 1.37 bits per heavy atom. The average Bonchev–Trinajstić information content (AvgIpc) is 2.35. The van der Waals surface area contributed by atoms with Gasteiger partial charge in [-0.2, -0.15) is 4.72 Å². The summed E-state index contributed by atoms with van der Waals surface area (Å²) >= 11 is 5.67. The highest BCUT2D eigenvalue weighted by Crippen LogP contribution is 2.14. The van der Waals surface area contributed by atoms with Crippen molar-refractivity contribution < 1.29 is 18.3 Å². The minimum Gasteiger partial charge on any atom is -0.395 e. The zero-order chi connectivity index (χ0) is 14.5. The Bertz CT molecular complexity index is 530. The molecule has 1 atom stereocenters. The third-order valence-electron chi connectivity index (χ3n) is 2.26. The monoisotopic (exact) mass is 306 g/mol. The number of hydrogen-bond acceptors (Lipinski definition) is 4. The van der Waals surface area contributed by atoms with Crippen LogP contribution in [0.1, 0.15) is 6.92 Å². The van der Waals surface area contributed by atoms with Gasteiger partial charge in [-0.1, -0.05) is 11.6 Å². The van der Waals surface area contributed by atoms with Gasteiger partial charge >= 0.3 is 0 Å². The van der Waals surface area contributed by atoms with Crippen LogP contribution >= 0.6 is 11.6 Å². The van der Waals surface area contributed by atoms with Gasteiger partial charge in [0.05, 0.1) is 17.5 Å². The van der Waals surface area contributed by atoms with Crippen LogP contribution in [0.4, 0.5) is 0 Å². The molecule has 0 bridgehead atoms. The lowest BCUT2D eigenvalue weighted by Crippen LogP contribution is -2.45. The fourth-order valence-corrected chi connectivity index (χ4v) is 2.63. The van der Waals surface area contributed by atoms with Crippen molar-refractivity contribution in [2.24, 2.45) is 0 Å². The van der Waals surface area contributed by atoms with Crippen LogP contribution in [-0.4, -0.2) is 38.6 Å². The quantitative estimate of drug-likeness (QED) is 0.695. The summed E-state index contributed by atoms with van der Waals surface area (Å²) in [6, 6.07) is 4.66. The molecule has 0 saturated heterocycles. The molecule has 1 aromatic carbocycles. The first kappa shape index (κ1) is 15.9. The molecule has 3 N–H and O–H groups in total. The maximum absolute atomic E-state index is 11.9. The predicted octanol–water partition coefficient (Wildman–Crippen LogP) is 0.115. The maximum Gasteiger partial charge on any atom is 0.241 e. The van der Waals surface area contributed by atoms with E-state index in [0.29, 0.717) is 5.02 Å². The Balaban J connectivity index is 2.74. The van der Waals surface area contributed by atoms with Crippen LogP contribution in [0, 0.1) is 0 Å². The van der Waals surface area contributed by atoms with E-state index in [2.05, 4.69) is 10.0 Å². The molecule has 0 spiro atoms. The van der Waals surface area contributed by atoms with Crippen LogP contribution < -0.4 is 10.0 Å². The van der Waals surface area contributed by atoms with Gasteiger partial charge in [0.25, 0.3) is 0 Å². The standard InChI is InChI=1S/C11H15ClN2O4S/c1-8(11(16)13-6-7-15)14-19(17,18)10-4-2-9(12)3-5-10/h2-5,8,14-15H,6-7H2,1H3,(H,13,16)/t8-/m0/s1. The Morgan fingerprint density at radius 2 is 1.95 bits per heavy atom. The van der Waals surface area contributed by atoms with Crippen molar-refractivity contribution in [3.05, 3.63) is 29.3 Å². The van der Waals surface area contributed by atoms with E-state index in [1.807, 2.05) is 0 Å². The van der Waals surface area contributed by atoms with Gasteiger partial charge in [0.15, 0.2) is 0 Å². The highest BCUT2D eigenvalue weighted by Gasteiger charge is 2.21. The number of carbonyl (C=O) groups excluding carboxylic acids is 1. The van der Waals surface area contributed by atoms with Gasteiger partial charge < -0.3 is 10.4 Å². The number of rotatable bonds is 6. The number of aliphatic hydroxyl groups is 1. The van der Waals surface area contributed by atoms with Gasteiger partial charge in [-0.05, 0) is 31.2 Å². The molecule has 0 unspecified atom stereocenters. The van der Waals surface area contributed by atoms with E-state index < -0.39 is 22.0 Å². The van der Waals surface area contributed by atoms with E-state index in [-0.39, 0.29) is 18.0 Å². The van der Waals surface area contributed by atoms with Gasteiger partial charge in [0, 0.05) is 11.6 Å². The van der Waals surface area contributed by atoms with E-state index in [4.69, 9.17) is 16.7 Å². The Morgan fingerprint density at radius 3 is 2.47 bits per heavy atom. The molecule has 0 aromatic heterocycles. The normalized spacial score (nSPS) is 13.0. The summed E-state index contributed by atoms with van der Waals surface area (Å²) in [5, 5.41) is 11.4. The van der Waals surface area contributed by atoms with Crippen molar-refractivity contribution in [2.75, 3.05) is 13.2 Å². The lowest BCUT2D eigenvalue weighted by Gasteiger charge is -2.14. The van der Waals surface area contributed by atoms with Crippen molar-refractivity contribution >= 4 is 27.5 Å². The third-order valence-corrected chi connectivity index (χ3v) is 4.07. The predicted molar refractivity (Wildman–Crippen MR) is 71.3 cm³/mol. The first-order valence-electron chi connectivity index (χ1n) is 5.53. The number of aliphatic hydroxyl groups excluding tert-OH is 1. The van der Waals surface area contributed by atoms with E-state index in [1.165, 1.54) is 31.2 Å². The smallest absolute Gasteiger partial charge is 0.241 e. The molecule has 0 saturated carbocycles. The molecule has 0 aliphatic carbocycles. The van der Waals surface area contributed by atoms with Gasteiger partial charge in [0.2, 0.25) is 15.9 Å². The minimum atomic E-state index is -3.78. The number of carbonyl (C=O) groups is 1. The summed E-state index contributed by atoms with van der Waals surface area (Å²) < 4.78 is 26.1. The summed E-state index contributed by atoms with van der Waals surface area (Å²) in [6.45, 7) is 1.29. The summed E-state index contributed by atoms with van der Waals surface area (Å²) in [6.07, 6.45) is 0. The van der Waals surface area contributed by atoms with Crippen molar-refractivity contribution in [1.29, 1.82) is 0 Å². The van der Waals surface area contributed by atoms with Crippen LogP contribution in [0.15, 0.2) is 29.2 Å². The third kappa shape index (κ3) is 4.79. The summed E-state index contributed by atoms with van der Waals surface area (Å²) in [4.78, 5) is 11.5. The maximum atomic E-state index is 11.9. The Hall–Kier alpha value is -1.15. The number of benzene rings is 1. The molecular formula is C11H15ClN2O4S. The molecule has 1 rings (SSSR count). The van der Waals surface area contributed by atoms with Crippen molar-refractivity contribution in [3.63, 3.8) is 0 Å². The molecule has 8 heteroatoms. The van der Waals surface area contributed by atoms with E-state index in [1.54, 1.807) is 0 Å². The van der Waals surface area contributed by atoms with Crippen molar-refractivity contribution in [1.82, 2.24) is 10.0 Å². The Kier molecular flexibility index (Phi) is 5.74.